The van der Waals surface area contributed by atoms with Gasteiger partial charge in [-0.15, -0.1) is 0 Å². The van der Waals surface area contributed by atoms with Gasteiger partial charge in [-0.25, -0.2) is 0 Å². The minimum absolute atomic E-state index is 0.0101. The molecule has 0 fully saturated rings. The number of fused-ring (bicyclic) bond motifs is 2. The van der Waals surface area contributed by atoms with Crippen molar-refractivity contribution < 1.29 is 4.79 Å². The summed E-state index contributed by atoms with van der Waals surface area (Å²) in [5.74, 6) is 0.0101. The van der Waals surface area contributed by atoms with Gasteiger partial charge >= 0.3 is 0 Å². The van der Waals surface area contributed by atoms with E-state index in [0.717, 1.165) is 29.3 Å². The van der Waals surface area contributed by atoms with Crippen LogP contribution in [0.2, 0.25) is 0 Å². The molecule has 0 aliphatic heterocycles. The third kappa shape index (κ3) is 2.21. The van der Waals surface area contributed by atoms with Crippen molar-refractivity contribution in [2.24, 2.45) is 0 Å². The lowest BCUT2D eigenvalue weighted by molar-refractivity contribution is 0.0938. The van der Waals surface area contributed by atoms with Crippen molar-refractivity contribution in [1.29, 1.82) is 0 Å². The lowest BCUT2D eigenvalue weighted by Crippen LogP contribution is -2.35. The fourth-order valence-corrected chi connectivity index (χ4v) is 3.12. The Labute approximate surface area is 123 Å². The molecule has 3 aromatic rings. The van der Waals surface area contributed by atoms with Crippen molar-refractivity contribution in [3.05, 3.63) is 71.4 Å². The standard InChI is InChI=1S/C18H16N2O/c21-18(15-5-6-17-14(9-15)7-8-19-17)20-16-10-12-3-1-2-4-13(12)11-16/h1-9,16,19H,10-11H2,(H,20,21). The Kier molecular flexibility index (Phi) is 2.78. The molecule has 3 nitrogen and oxygen atoms in total. The third-order valence-corrected chi connectivity index (χ3v) is 4.20. The van der Waals surface area contributed by atoms with E-state index < -0.39 is 0 Å². The second kappa shape index (κ2) is 4.77. The lowest BCUT2D eigenvalue weighted by atomic mass is 10.1. The summed E-state index contributed by atoms with van der Waals surface area (Å²) in [7, 11) is 0. The summed E-state index contributed by atoms with van der Waals surface area (Å²) < 4.78 is 0. The Morgan fingerprint density at radius 3 is 2.57 bits per heavy atom. The van der Waals surface area contributed by atoms with Gasteiger partial charge in [-0.05, 0) is 48.2 Å². The Bertz CT molecular complexity index is 794. The molecule has 1 heterocycles. The molecule has 0 bridgehead atoms. The fraction of sp³-hybridized carbons (Fsp3) is 0.167. The van der Waals surface area contributed by atoms with E-state index in [9.17, 15) is 4.79 Å². The van der Waals surface area contributed by atoms with Crippen molar-refractivity contribution >= 4 is 16.8 Å². The first-order valence-electron chi connectivity index (χ1n) is 7.24. The number of benzene rings is 2. The van der Waals surface area contributed by atoms with E-state index in [1.54, 1.807) is 0 Å². The minimum atomic E-state index is 0.0101. The molecule has 104 valence electrons. The smallest absolute Gasteiger partial charge is 0.251 e. The molecule has 0 unspecified atom stereocenters. The number of hydrogen-bond donors (Lipinski definition) is 2. The predicted octanol–water partition coefficient (Wildman–Crippen LogP) is 3.07. The van der Waals surface area contributed by atoms with Crippen molar-refractivity contribution in [3.63, 3.8) is 0 Å². The van der Waals surface area contributed by atoms with Crippen LogP contribution in [0.5, 0.6) is 0 Å². The van der Waals surface area contributed by atoms with Gasteiger partial charge in [0.25, 0.3) is 5.91 Å². The zero-order valence-electron chi connectivity index (χ0n) is 11.6. The van der Waals surface area contributed by atoms with Gasteiger partial charge in [0.1, 0.15) is 0 Å². The van der Waals surface area contributed by atoms with Gasteiger partial charge in [0.15, 0.2) is 0 Å². The fourth-order valence-electron chi connectivity index (χ4n) is 3.12. The summed E-state index contributed by atoms with van der Waals surface area (Å²) in [5, 5.41) is 4.22. The van der Waals surface area contributed by atoms with Crippen LogP contribution < -0.4 is 5.32 Å². The van der Waals surface area contributed by atoms with Crippen LogP contribution in [-0.2, 0) is 12.8 Å². The van der Waals surface area contributed by atoms with Crippen LogP contribution in [-0.4, -0.2) is 16.9 Å². The first-order valence-corrected chi connectivity index (χ1v) is 7.24. The van der Waals surface area contributed by atoms with Gasteiger partial charge < -0.3 is 10.3 Å². The highest BCUT2D eigenvalue weighted by Gasteiger charge is 2.22. The summed E-state index contributed by atoms with van der Waals surface area (Å²) >= 11 is 0. The van der Waals surface area contributed by atoms with Crippen LogP contribution in [0.4, 0.5) is 0 Å². The lowest BCUT2D eigenvalue weighted by Gasteiger charge is -2.12. The molecule has 3 heteroatoms. The maximum atomic E-state index is 12.4. The first kappa shape index (κ1) is 12.2. The van der Waals surface area contributed by atoms with Gasteiger partial charge in [0.05, 0.1) is 0 Å². The zero-order valence-corrected chi connectivity index (χ0v) is 11.6. The number of amides is 1. The highest BCUT2D eigenvalue weighted by atomic mass is 16.1. The molecule has 2 N–H and O–H groups in total. The molecule has 0 spiro atoms. The second-order valence-electron chi connectivity index (χ2n) is 5.63. The molecule has 1 aromatic heterocycles. The molecule has 4 rings (SSSR count). The summed E-state index contributed by atoms with van der Waals surface area (Å²) in [4.78, 5) is 15.5. The molecule has 0 saturated carbocycles. The van der Waals surface area contributed by atoms with Crippen LogP contribution in [0.3, 0.4) is 0 Å². The number of H-pyrrole nitrogens is 1. The largest absolute Gasteiger partial charge is 0.361 e. The van der Waals surface area contributed by atoms with Crippen LogP contribution in [0.25, 0.3) is 10.9 Å². The molecule has 0 radical (unpaired) electrons. The Balaban J connectivity index is 1.51. The maximum Gasteiger partial charge on any atom is 0.251 e. The van der Waals surface area contributed by atoms with Crippen LogP contribution in [0.1, 0.15) is 21.5 Å². The molecule has 0 saturated heterocycles. The number of hydrogen-bond acceptors (Lipinski definition) is 1. The average Bonchev–Trinajstić information content (AvgIpc) is 3.11. The number of carbonyl (C=O) groups excluding carboxylic acids is 1. The number of aromatic amines is 1. The molecule has 0 atom stereocenters. The van der Waals surface area contributed by atoms with Gasteiger partial charge in [-0.3, -0.25) is 4.79 Å². The molecule has 1 aliphatic rings. The van der Waals surface area contributed by atoms with Gasteiger partial charge in [-0.2, -0.15) is 0 Å². The van der Waals surface area contributed by atoms with E-state index in [1.807, 2.05) is 30.5 Å². The third-order valence-electron chi connectivity index (χ3n) is 4.20. The highest BCUT2D eigenvalue weighted by molar-refractivity contribution is 5.98. The molecule has 2 aromatic carbocycles. The monoisotopic (exact) mass is 276 g/mol. The van der Waals surface area contributed by atoms with Crippen molar-refractivity contribution in [2.75, 3.05) is 0 Å². The summed E-state index contributed by atoms with van der Waals surface area (Å²) in [5.41, 5.74) is 4.48. The molecule has 1 aliphatic carbocycles. The van der Waals surface area contributed by atoms with Crippen LogP contribution in [0.15, 0.2) is 54.7 Å². The van der Waals surface area contributed by atoms with E-state index >= 15 is 0 Å². The van der Waals surface area contributed by atoms with E-state index in [0.29, 0.717) is 0 Å². The highest BCUT2D eigenvalue weighted by Crippen LogP contribution is 2.22. The average molecular weight is 276 g/mol. The predicted molar refractivity (Wildman–Crippen MR) is 83.4 cm³/mol. The Hall–Kier alpha value is -2.55. The van der Waals surface area contributed by atoms with Crippen LogP contribution >= 0.6 is 0 Å². The number of carbonyl (C=O) groups is 1. The Morgan fingerprint density at radius 2 is 1.81 bits per heavy atom. The molecular formula is C18H16N2O. The van der Waals surface area contributed by atoms with Gasteiger partial charge in [-0.1, -0.05) is 24.3 Å². The molecule has 21 heavy (non-hydrogen) atoms. The van der Waals surface area contributed by atoms with Crippen molar-refractivity contribution in [1.82, 2.24) is 10.3 Å². The maximum absolute atomic E-state index is 12.4. The summed E-state index contributed by atoms with van der Waals surface area (Å²) in [6.45, 7) is 0. The molecule has 1 amide bonds. The van der Waals surface area contributed by atoms with E-state index in [1.165, 1.54) is 11.1 Å². The minimum Gasteiger partial charge on any atom is -0.361 e. The number of aromatic nitrogens is 1. The normalized spacial score (nSPS) is 14.3. The van der Waals surface area contributed by atoms with Crippen molar-refractivity contribution in [2.45, 2.75) is 18.9 Å². The van der Waals surface area contributed by atoms with Gasteiger partial charge in [0.2, 0.25) is 0 Å². The van der Waals surface area contributed by atoms with Gasteiger partial charge in [0, 0.05) is 28.7 Å². The second-order valence-corrected chi connectivity index (χ2v) is 5.63. The summed E-state index contributed by atoms with van der Waals surface area (Å²) in [6, 6.07) is 16.4. The number of nitrogens with one attached hydrogen (secondary N) is 2. The summed E-state index contributed by atoms with van der Waals surface area (Å²) in [6.07, 6.45) is 3.74. The zero-order chi connectivity index (χ0) is 14.2. The number of rotatable bonds is 2. The van der Waals surface area contributed by atoms with Crippen LogP contribution in [0, 0.1) is 0 Å². The SMILES string of the molecule is O=C(NC1Cc2ccccc2C1)c1ccc2[nH]ccc2c1. The van der Waals surface area contributed by atoms with Crippen molar-refractivity contribution in [3.8, 4) is 0 Å². The quantitative estimate of drug-likeness (QED) is 0.742. The molecular weight excluding hydrogens is 260 g/mol. The van der Waals surface area contributed by atoms with E-state index in [4.69, 9.17) is 0 Å². The van der Waals surface area contributed by atoms with E-state index in [2.05, 4.69) is 34.6 Å². The topological polar surface area (TPSA) is 44.9 Å². The van der Waals surface area contributed by atoms with E-state index in [-0.39, 0.29) is 11.9 Å². The Morgan fingerprint density at radius 1 is 1.05 bits per heavy atom. The first-order chi connectivity index (χ1) is 10.3.